The van der Waals surface area contributed by atoms with Gasteiger partial charge in [0.1, 0.15) is 5.69 Å². The van der Waals surface area contributed by atoms with Gasteiger partial charge in [0.05, 0.1) is 11.3 Å². The van der Waals surface area contributed by atoms with Crippen molar-refractivity contribution < 1.29 is 14.7 Å². The molecule has 98 valence electrons. The lowest BCUT2D eigenvalue weighted by Crippen LogP contribution is -2.15. The summed E-state index contributed by atoms with van der Waals surface area (Å²) in [6, 6.07) is 8.32. The molecule has 5 heteroatoms. The second-order valence-electron chi connectivity index (χ2n) is 4.08. The third kappa shape index (κ3) is 2.82. The van der Waals surface area contributed by atoms with Gasteiger partial charge in [0, 0.05) is 6.20 Å². The van der Waals surface area contributed by atoms with E-state index < -0.39 is 5.97 Å². The normalized spacial score (nSPS) is 10.2. The fourth-order valence-corrected chi connectivity index (χ4v) is 1.76. The third-order valence-electron chi connectivity index (χ3n) is 2.81. The molecule has 1 amide bonds. The minimum atomic E-state index is -1.06. The minimum Gasteiger partial charge on any atom is -0.478 e. The monoisotopic (exact) mass is 258 g/mol. The van der Waals surface area contributed by atoms with Crippen LogP contribution < -0.4 is 5.32 Å². The van der Waals surface area contributed by atoms with E-state index in [-0.39, 0.29) is 11.5 Å². The zero-order valence-corrected chi connectivity index (χ0v) is 10.4. The molecule has 0 fully saturated rings. The fraction of sp³-hybridized carbons (Fsp3) is 0.143. The lowest BCUT2D eigenvalue weighted by atomic mass is 10.1. The highest BCUT2D eigenvalue weighted by Gasteiger charge is 2.14. The molecule has 3 N–H and O–H groups in total. The molecular formula is C14H14N2O3. The Morgan fingerprint density at radius 2 is 2.11 bits per heavy atom. The lowest BCUT2D eigenvalue weighted by molar-refractivity contribution is 0.0698. The smallest absolute Gasteiger partial charge is 0.337 e. The maximum absolute atomic E-state index is 11.9. The first kappa shape index (κ1) is 12.9. The molecule has 1 aromatic carbocycles. The molecule has 0 aliphatic rings. The van der Waals surface area contributed by atoms with Crippen LogP contribution in [0.3, 0.4) is 0 Å². The van der Waals surface area contributed by atoms with Crippen molar-refractivity contribution in [3.63, 3.8) is 0 Å². The van der Waals surface area contributed by atoms with Crippen LogP contribution in [0.5, 0.6) is 0 Å². The zero-order valence-electron chi connectivity index (χ0n) is 10.4. The summed E-state index contributed by atoms with van der Waals surface area (Å²) >= 11 is 0. The van der Waals surface area contributed by atoms with Crippen molar-refractivity contribution >= 4 is 17.6 Å². The number of benzene rings is 1. The highest BCUT2D eigenvalue weighted by molar-refractivity contribution is 6.06. The molecule has 0 saturated carbocycles. The predicted molar refractivity (Wildman–Crippen MR) is 71.5 cm³/mol. The second kappa shape index (κ2) is 5.39. The van der Waals surface area contributed by atoms with E-state index in [2.05, 4.69) is 10.3 Å². The number of carboxylic acid groups (broad SMARTS) is 1. The number of aryl methyl sites for hydroxylation is 1. The molecule has 1 heterocycles. The van der Waals surface area contributed by atoms with E-state index in [1.54, 1.807) is 36.5 Å². The molecule has 0 bridgehead atoms. The summed E-state index contributed by atoms with van der Waals surface area (Å²) in [6.07, 6.45) is 2.37. The molecule has 1 aromatic heterocycles. The van der Waals surface area contributed by atoms with Crippen molar-refractivity contribution in [1.29, 1.82) is 0 Å². The summed E-state index contributed by atoms with van der Waals surface area (Å²) < 4.78 is 0. The Labute approximate surface area is 110 Å². The Balaban J connectivity index is 2.29. The number of aromatic nitrogens is 1. The highest BCUT2D eigenvalue weighted by Crippen LogP contribution is 2.19. The van der Waals surface area contributed by atoms with Crippen LogP contribution in [-0.4, -0.2) is 22.0 Å². The van der Waals surface area contributed by atoms with Gasteiger partial charge in [0.25, 0.3) is 5.91 Å². The summed E-state index contributed by atoms with van der Waals surface area (Å²) in [7, 11) is 0. The average molecular weight is 258 g/mol. The van der Waals surface area contributed by atoms with Gasteiger partial charge in [0.15, 0.2) is 0 Å². The van der Waals surface area contributed by atoms with Gasteiger partial charge in [-0.3, -0.25) is 4.79 Å². The summed E-state index contributed by atoms with van der Waals surface area (Å²) in [4.78, 5) is 25.8. The molecule has 19 heavy (non-hydrogen) atoms. The van der Waals surface area contributed by atoms with E-state index in [1.807, 2.05) is 6.92 Å². The Hall–Kier alpha value is -2.56. The number of nitrogens with one attached hydrogen (secondary N) is 2. The second-order valence-corrected chi connectivity index (χ2v) is 4.08. The van der Waals surface area contributed by atoms with E-state index in [0.717, 1.165) is 12.0 Å². The third-order valence-corrected chi connectivity index (χ3v) is 2.81. The number of anilines is 1. The van der Waals surface area contributed by atoms with Crippen LogP contribution in [0.2, 0.25) is 0 Å². The molecule has 2 aromatic rings. The lowest BCUT2D eigenvalue weighted by Gasteiger charge is -2.09. The van der Waals surface area contributed by atoms with E-state index in [0.29, 0.717) is 11.4 Å². The maximum atomic E-state index is 11.9. The van der Waals surface area contributed by atoms with Gasteiger partial charge in [-0.2, -0.15) is 0 Å². The van der Waals surface area contributed by atoms with Crippen molar-refractivity contribution in [2.75, 3.05) is 5.32 Å². The first-order chi connectivity index (χ1) is 9.11. The van der Waals surface area contributed by atoms with Crippen LogP contribution in [-0.2, 0) is 6.42 Å². The molecule has 0 spiro atoms. The molecule has 0 saturated heterocycles. The predicted octanol–water partition coefficient (Wildman–Crippen LogP) is 2.53. The number of H-pyrrole nitrogens is 1. The fourth-order valence-electron chi connectivity index (χ4n) is 1.76. The Bertz CT molecular complexity index is 603. The molecule has 0 aliphatic carbocycles. The van der Waals surface area contributed by atoms with Crippen molar-refractivity contribution in [2.24, 2.45) is 0 Å². The number of hydrogen-bond acceptors (Lipinski definition) is 2. The van der Waals surface area contributed by atoms with E-state index in [4.69, 9.17) is 5.11 Å². The van der Waals surface area contributed by atoms with Gasteiger partial charge in [0.2, 0.25) is 0 Å². The molecule has 2 rings (SSSR count). The minimum absolute atomic E-state index is 0.0965. The number of hydrogen-bond donors (Lipinski definition) is 3. The van der Waals surface area contributed by atoms with Crippen LogP contribution in [0.25, 0.3) is 0 Å². The van der Waals surface area contributed by atoms with Crippen molar-refractivity contribution in [3.8, 4) is 0 Å². The molecule has 0 aliphatic heterocycles. The van der Waals surface area contributed by atoms with Crippen LogP contribution in [0.1, 0.15) is 33.3 Å². The van der Waals surface area contributed by atoms with Gasteiger partial charge in [-0.25, -0.2) is 4.79 Å². The standard InChI is InChI=1S/C14H14N2O3/c1-2-9-5-6-11(10(8-9)14(18)19)16-13(17)12-4-3-7-15-12/h3-8,15H,2H2,1H3,(H,16,17)(H,18,19). The van der Waals surface area contributed by atoms with E-state index in [1.165, 1.54) is 0 Å². The first-order valence-corrected chi connectivity index (χ1v) is 5.92. The summed E-state index contributed by atoms with van der Waals surface area (Å²) in [6.45, 7) is 1.94. The topological polar surface area (TPSA) is 82.2 Å². The van der Waals surface area contributed by atoms with Crippen molar-refractivity contribution in [3.05, 3.63) is 53.3 Å². The van der Waals surface area contributed by atoms with Gasteiger partial charge in [-0.1, -0.05) is 13.0 Å². The largest absolute Gasteiger partial charge is 0.478 e. The number of carboxylic acids is 1. The SMILES string of the molecule is CCc1ccc(NC(=O)c2ccc[nH]2)c(C(=O)O)c1. The van der Waals surface area contributed by atoms with Crippen molar-refractivity contribution in [2.45, 2.75) is 13.3 Å². The van der Waals surface area contributed by atoms with Crippen molar-refractivity contribution in [1.82, 2.24) is 4.98 Å². The van der Waals surface area contributed by atoms with Gasteiger partial charge in [-0.05, 0) is 36.2 Å². The van der Waals surface area contributed by atoms with E-state index in [9.17, 15) is 9.59 Å². The summed E-state index contributed by atoms with van der Waals surface area (Å²) in [5.41, 5.74) is 1.69. The number of aromatic carboxylic acids is 1. The number of carbonyl (C=O) groups is 2. The maximum Gasteiger partial charge on any atom is 0.337 e. The van der Waals surface area contributed by atoms with Crippen LogP contribution in [0.15, 0.2) is 36.5 Å². The van der Waals surface area contributed by atoms with E-state index >= 15 is 0 Å². The number of carbonyl (C=O) groups excluding carboxylic acids is 1. The Morgan fingerprint density at radius 1 is 1.32 bits per heavy atom. The number of rotatable bonds is 4. The Kier molecular flexibility index (Phi) is 3.66. The molecule has 0 unspecified atom stereocenters. The zero-order chi connectivity index (χ0) is 13.8. The summed E-state index contributed by atoms with van der Waals surface area (Å²) in [5.74, 6) is -1.42. The Morgan fingerprint density at radius 3 is 2.68 bits per heavy atom. The first-order valence-electron chi connectivity index (χ1n) is 5.92. The quantitative estimate of drug-likeness (QED) is 0.788. The average Bonchev–Trinajstić information content (AvgIpc) is 2.92. The summed E-state index contributed by atoms with van der Waals surface area (Å²) in [5, 5.41) is 11.8. The molecule has 0 atom stereocenters. The highest BCUT2D eigenvalue weighted by atomic mass is 16.4. The number of amides is 1. The van der Waals surface area contributed by atoms with Gasteiger partial charge < -0.3 is 15.4 Å². The molecule has 5 nitrogen and oxygen atoms in total. The van der Waals surface area contributed by atoms with Crippen LogP contribution in [0.4, 0.5) is 5.69 Å². The van der Waals surface area contributed by atoms with Gasteiger partial charge >= 0.3 is 5.97 Å². The van der Waals surface area contributed by atoms with Crippen LogP contribution in [0, 0.1) is 0 Å². The van der Waals surface area contributed by atoms with Gasteiger partial charge in [-0.15, -0.1) is 0 Å². The number of aromatic amines is 1. The molecular weight excluding hydrogens is 244 g/mol. The van der Waals surface area contributed by atoms with Crippen LogP contribution >= 0.6 is 0 Å². The molecule has 0 radical (unpaired) electrons.